The van der Waals surface area contributed by atoms with Crippen LogP contribution in [0.4, 0.5) is 5.69 Å². The van der Waals surface area contributed by atoms with E-state index in [-0.39, 0.29) is 17.8 Å². The van der Waals surface area contributed by atoms with Gasteiger partial charge in [0.25, 0.3) is 5.91 Å². The van der Waals surface area contributed by atoms with E-state index in [1.807, 2.05) is 0 Å². The molecule has 9 nitrogen and oxygen atoms in total. The molecule has 1 heterocycles. The molecule has 126 valence electrons. The van der Waals surface area contributed by atoms with Crippen molar-refractivity contribution in [2.75, 3.05) is 0 Å². The molecular formula is C15H16N4O5. The highest BCUT2D eigenvalue weighted by atomic mass is 16.6. The molecule has 0 aliphatic heterocycles. The van der Waals surface area contributed by atoms with Gasteiger partial charge in [-0.15, -0.1) is 0 Å². The third-order valence-corrected chi connectivity index (χ3v) is 3.47. The van der Waals surface area contributed by atoms with Crippen molar-refractivity contribution in [1.82, 2.24) is 15.1 Å². The number of nitro groups is 1. The smallest absolute Gasteiger partial charge is 0.326 e. The van der Waals surface area contributed by atoms with E-state index in [9.17, 15) is 24.8 Å². The van der Waals surface area contributed by atoms with Gasteiger partial charge >= 0.3 is 11.7 Å². The molecule has 0 fully saturated rings. The zero-order valence-corrected chi connectivity index (χ0v) is 13.1. The van der Waals surface area contributed by atoms with Gasteiger partial charge in [-0.1, -0.05) is 30.3 Å². The second-order valence-corrected chi connectivity index (χ2v) is 5.22. The van der Waals surface area contributed by atoms with Crippen molar-refractivity contribution in [2.24, 2.45) is 7.05 Å². The number of carbonyl (C=O) groups is 2. The number of carbonyl (C=O) groups excluding carboxylic acids is 1. The van der Waals surface area contributed by atoms with Crippen LogP contribution in [-0.4, -0.2) is 37.7 Å². The second kappa shape index (κ2) is 6.90. The number of nitrogens with zero attached hydrogens (tertiary/aromatic N) is 3. The summed E-state index contributed by atoms with van der Waals surface area (Å²) in [5.41, 5.74) is 0.0964. The van der Waals surface area contributed by atoms with Gasteiger partial charge < -0.3 is 10.4 Å². The number of hydrogen-bond acceptors (Lipinski definition) is 5. The van der Waals surface area contributed by atoms with Gasteiger partial charge in [0, 0.05) is 13.5 Å². The number of aromatic nitrogens is 2. The largest absolute Gasteiger partial charge is 0.480 e. The fourth-order valence-electron chi connectivity index (χ4n) is 2.40. The van der Waals surface area contributed by atoms with Crippen LogP contribution in [0.15, 0.2) is 30.3 Å². The molecule has 0 saturated heterocycles. The van der Waals surface area contributed by atoms with Gasteiger partial charge in [-0.3, -0.25) is 19.6 Å². The number of hydrogen-bond donors (Lipinski definition) is 2. The molecule has 0 saturated carbocycles. The summed E-state index contributed by atoms with van der Waals surface area (Å²) in [4.78, 5) is 34.2. The van der Waals surface area contributed by atoms with E-state index in [1.165, 1.54) is 14.0 Å². The van der Waals surface area contributed by atoms with Crippen LogP contribution >= 0.6 is 0 Å². The molecule has 24 heavy (non-hydrogen) atoms. The Bertz CT molecular complexity index is 785. The van der Waals surface area contributed by atoms with Crippen LogP contribution in [-0.2, 0) is 18.3 Å². The first-order valence-electron chi connectivity index (χ1n) is 7.06. The second-order valence-electron chi connectivity index (χ2n) is 5.22. The Morgan fingerprint density at radius 3 is 2.54 bits per heavy atom. The van der Waals surface area contributed by atoms with Crippen LogP contribution < -0.4 is 5.32 Å². The van der Waals surface area contributed by atoms with E-state index in [0.717, 1.165) is 10.2 Å². The maximum Gasteiger partial charge on any atom is 0.326 e. The number of carboxylic acids is 1. The van der Waals surface area contributed by atoms with Crippen LogP contribution in [0.3, 0.4) is 0 Å². The lowest BCUT2D eigenvalue weighted by Gasteiger charge is -2.14. The molecule has 1 aromatic heterocycles. The summed E-state index contributed by atoms with van der Waals surface area (Å²) in [5.74, 6) is -2.08. The lowest BCUT2D eigenvalue weighted by molar-refractivity contribution is -0.385. The summed E-state index contributed by atoms with van der Waals surface area (Å²) in [7, 11) is 1.39. The number of rotatable bonds is 6. The van der Waals surface area contributed by atoms with E-state index in [2.05, 4.69) is 10.4 Å². The molecule has 0 bridgehead atoms. The van der Waals surface area contributed by atoms with Crippen molar-refractivity contribution in [3.8, 4) is 0 Å². The van der Waals surface area contributed by atoms with Crippen molar-refractivity contribution in [2.45, 2.75) is 19.4 Å². The minimum Gasteiger partial charge on any atom is -0.480 e. The Morgan fingerprint density at radius 1 is 1.38 bits per heavy atom. The lowest BCUT2D eigenvalue weighted by atomic mass is 10.1. The van der Waals surface area contributed by atoms with Crippen molar-refractivity contribution in [3.63, 3.8) is 0 Å². The zero-order chi connectivity index (χ0) is 17.9. The fourth-order valence-corrected chi connectivity index (χ4v) is 2.40. The molecule has 2 rings (SSSR count). The normalized spacial score (nSPS) is 11.8. The van der Waals surface area contributed by atoms with Crippen molar-refractivity contribution in [3.05, 3.63) is 57.4 Å². The Labute approximate surface area is 137 Å². The number of amides is 1. The molecule has 0 aliphatic carbocycles. The molecule has 0 radical (unpaired) electrons. The SMILES string of the molecule is Cc1nn(C)c(C(=O)N[C@H](Cc2ccccc2)C(=O)O)c1[N+](=O)[O-]. The molecule has 9 heteroatoms. The predicted octanol–water partition coefficient (Wildman–Crippen LogP) is 1.06. The summed E-state index contributed by atoms with van der Waals surface area (Å²) in [6.07, 6.45) is 0.0620. The monoisotopic (exact) mass is 332 g/mol. The van der Waals surface area contributed by atoms with Crippen molar-refractivity contribution >= 4 is 17.6 Å². The third kappa shape index (κ3) is 3.57. The maximum absolute atomic E-state index is 12.4. The Hall–Kier alpha value is -3.23. The number of aryl methyl sites for hydroxylation is 2. The molecule has 2 aromatic rings. The number of benzene rings is 1. The highest BCUT2D eigenvalue weighted by molar-refractivity contribution is 5.98. The van der Waals surface area contributed by atoms with E-state index >= 15 is 0 Å². The molecule has 0 aliphatic rings. The Balaban J connectivity index is 2.26. The van der Waals surface area contributed by atoms with Crippen LogP contribution in [0.5, 0.6) is 0 Å². The number of aliphatic carboxylic acids is 1. The summed E-state index contributed by atoms with van der Waals surface area (Å²) in [5, 5.41) is 26.6. The van der Waals surface area contributed by atoms with Crippen LogP contribution in [0.2, 0.25) is 0 Å². The Kier molecular flexibility index (Phi) is 4.93. The van der Waals surface area contributed by atoms with Crippen molar-refractivity contribution in [1.29, 1.82) is 0 Å². The minimum absolute atomic E-state index is 0.0620. The van der Waals surface area contributed by atoms with Crippen LogP contribution in [0, 0.1) is 17.0 Å². The first-order valence-corrected chi connectivity index (χ1v) is 7.06. The summed E-state index contributed by atoms with van der Waals surface area (Å²) in [6.45, 7) is 1.41. The van der Waals surface area contributed by atoms with E-state index in [1.54, 1.807) is 30.3 Å². The molecule has 1 atom stereocenters. The Morgan fingerprint density at radius 2 is 2.00 bits per heavy atom. The van der Waals surface area contributed by atoms with Gasteiger partial charge in [0.15, 0.2) is 0 Å². The average Bonchev–Trinajstić information content (AvgIpc) is 2.82. The summed E-state index contributed by atoms with van der Waals surface area (Å²) in [6, 6.07) is 7.56. The van der Waals surface area contributed by atoms with Crippen LogP contribution in [0.25, 0.3) is 0 Å². The molecule has 0 unspecified atom stereocenters. The van der Waals surface area contributed by atoms with Gasteiger partial charge in [-0.05, 0) is 12.5 Å². The van der Waals surface area contributed by atoms with Gasteiger partial charge in [0.05, 0.1) is 4.92 Å². The van der Waals surface area contributed by atoms with Gasteiger partial charge in [-0.25, -0.2) is 4.79 Å². The fraction of sp³-hybridized carbons (Fsp3) is 0.267. The molecule has 2 N–H and O–H groups in total. The molecule has 0 spiro atoms. The first kappa shape index (κ1) is 17.1. The summed E-state index contributed by atoms with van der Waals surface area (Å²) < 4.78 is 1.07. The maximum atomic E-state index is 12.4. The zero-order valence-electron chi connectivity index (χ0n) is 13.1. The first-order chi connectivity index (χ1) is 11.3. The molecule has 1 aromatic carbocycles. The van der Waals surface area contributed by atoms with E-state index in [0.29, 0.717) is 0 Å². The van der Waals surface area contributed by atoms with Gasteiger partial charge in [0.1, 0.15) is 11.7 Å². The van der Waals surface area contributed by atoms with E-state index in [4.69, 9.17) is 0 Å². The highest BCUT2D eigenvalue weighted by Gasteiger charge is 2.31. The van der Waals surface area contributed by atoms with Crippen LogP contribution in [0.1, 0.15) is 21.7 Å². The van der Waals surface area contributed by atoms with Gasteiger partial charge in [-0.2, -0.15) is 5.10 Å². The lowest BCUT2D eigenvalue weighted by Crippen LogP contribution is -2.43. The molecular weight excluding hydrogens is 316 g/mol. The highest BCUT2D eigenvalue weighted by Crippen LogP contribution is 2.22. The number of nitrogens with one attached hydrogen (secondary N) is 1. The average molecular weight is 332 g/mol. The topological polar surface area (TPSA) is 127 Å². The van der Waals surface area contributed by atoms with Crippen molar-refractivity contribution < 1.29 is 19.6 Å². The summed E-state index contributed by atoms with van der Waals surface area (Å²) >= 11 is 0. The number of carboxylic acid groups (broad SMARTS) is 1. The predicted molar refractivity (Wildman–Crippen MR) is 83.6 cm³/mol. The quantitative estimate of drug-likeness (QED) is 0.601. The molecule has 1 amide bonds. The third-order valence-electron chi connectivity index (χ3n) is 3.47. The minimum atomic E-state index is -1.23. The van der Waals surface area contributed by atoms with E-state index < -0.39 is 28.5 Å². The standard InChI is InChI=1S/C15H16N4O5/c1-9-12(19(23)24)13(18(2)17-9)14(20)16-11(15(21)22)8-10-6-4-3-5-7-10/h3-7,11H,8H2,1-2H3,(H,16,20)(H,21,22)/t11-/m1/s1. The van der Waals surface area contributed by atoms with Gasteiger partial charge in [0.2, 0.25) is 5.69 Å².